The lowest BCUT2D eigenvalue weighted by atomic mass is 9.88. The molecule has 1 N–H and O–H groups in total. The number of aryl methyl sites for hydroxylation is 2. The maximum absolute atomic E-state index is 3.52. The molecule has 1 fully saturated rings. The molecular weight excluding hydrogens is 220 g/mol. The molecule has 2 heteroatoms. The summed E-state index contributed by atoms with van der Waals surface area (Å²) < 4.78 is 0. The van der Waals surface area contributed by atoms with Gasteiger partial charge >= 0.3 is 0 Å². The maximum Gasteiger partial charge on any atom is 0.0391 e. The number of rotatable bonds is 4. The normalized spacial score (nSPS) is 24.7. The van der Waals surface area contributed by atoms with Crippen molar-refractivity contribution in [2.75, 3.05) is 26.7 Å². The van der Waals surface area contributed by atoms with Crippen molar-refractivity contribution in [3.05, 3.63) is 34.9 Å². The van der Waals surface area contributed by atoms with Crippen molar-refractivity contribution in [1.82, 2.24) is 10.2 Å². The van der Waals surface area contributed by atoms with Gasteiger partial charge in [0.05, 0.1) is 0 Å². The van der Waals surface area contributed by atoms with Crippen LogP contribution in [0.1, 0.15) is 36.1 Å². The van der Waals surface area contributed by atoms with Gasteiger partial charge in [0, 0.05) is 6.04 Å². The van der Waals surface area contributed by atoms with Crippen LogP contribution in [0.15, 0.2) is 18.2 Å². The van der Waals surface area contributed by atoms with Crippen LogP contribution in [0, 0.1) is 19.8 Å². The molecular formula is C16H26N2. The highest BCUT2D eigenvalue weighted by Gasteiger charge is 2.34. The average molecular weight is 246 g/mol. The third-order valence-electron chi connectivity index (χ3n) is 4.27. The molecule has 1 heterocycles. The van der Waals surface area contributed by atoms with E-state index in [2.05, 4.69) is 56.2 Å². The molecule has 100 valence electrons. The van der Waals surface area contributed by atoms with Crippen LogP contribution in [0.3, 0.4) is 0 Å². The van der Waals surface area contributed by atoms with Gasteiger partial charge in [-0.25, -0.2) is 0 Å². The molecule has 0 bridgehead atoms. The van der Waals surface area contributed by atoms with Crippen molar-refractivity contribution in [2.24, 2.45) is 5.92 Å². The lowest BCUT2D eigenvalue weighted by molar-refractivity contribution is 0.271. The van der Waals surface area contributed by atoms with E-state index >= 15 is 0 Å². The molecule has 1 saturated heterocycles. The van der Waals surface area contributed by atoms with Crippen LogP contribution < -0.4 is 5.32 Å². The Morgan fingerprint density at radius 1 is 1.28 bits per heavy atom. The summed E-state index contributed by atoms with van der Waals surface area (Å²) in [4.78, 5) is 2.53. The molecule has 0 spiro atoms. The Kier molecular flexibility index (Phi) is 4.41. The standard InChI is InChI=1S/C16H26N2/c1-5-17-11-14-9-10-18(4)16(14)15-12(2)7-6-8-13(15)3/h6-8,14,16-17H,5,9-11H2,1-4H3. The van der Waals surface area contributed by atoms with Gasteiger partial charge < -0.3 is 5.32 Å². The molecule has 0 saturated carbocycles. The Morgan fingerprint density at radius 2 is 1.94 bits per heavy atom. The fraction of sp³-hybridized carbons (Fsp3) is 0.625. The Bertz CT molecular complexity index is 380. The van der Waals surface area contributed by atoms with E-state index in [4.69, 9.17) is 0 Å². The van der Waals surface area contributed by atoms with Crippen LogP contribution in [0.25, 0.3) is 0 Å². The van der Waals surface area contributed by atoms with Crippen molar-refractivity contribution in [2.45, 2.75) is 33.2 Å². The zero-order valence-corrected chi connectivity index (χ0v) is 12.2. The second kappa shape index (κ2) is 5.85. The van der Waals surface area contributed by atoms with Gasteiger partial charge in [-0.15, -0.1) is 0 Å². The van der Waals surface area contributed by atoms with Gasteiger partial charge in [0.25, 0.3) is 0 Å². The van der Waals surface area contributed by atoms with Crippen LogP contribution in [-0.2, 0) is 0 Å². The van der Waals surface area contributed by atoms with Gasteiger partial charge in [-0.1, -0.05) is 25.1 Å². The minimum absolute atomic E-state index is 0.588. The summed E-state index contributed by atoms with van der Waals surface area (Å²) in [5.41, 5.74) is 4.44. The minimum Gasteiger partial charge on any atom is -0.317 e. The molecule has 2 atom stereocenters. The third-order valence-corrected chi connectivity index (χ3v) is 4.27. The molecule has 0 aliphatic carbocycles. The molecule has 2 unspecified atom stereocenters. The fourth-order valence-corrected chi connectivity index (χ4v) is 3.32. The average Bonchev–Trinajstić information content (AvgIpc) is 2.69. The van der Waals surface area contributed by atoms with Gasteiger partial charge in [-0.3, -0.25) is 4.90 Å². The summed E-state index contributed by atoms with van der Waals surface area (Å²) in [5, 5.41) is 3.52. The Hall–Kier alpha value is -0.860. The van der Waals surface area contributed by atoms with Crippen LogP contribution in [0.2, 0.25) is 0 Å². The Labute approximate surface area is 111 Å². The lowest BCUT2D eigenvalue weighted by Crippen LogP contribution is -2.29. The second-order valence-electron chi connectivity index (χ2n) is 5.59. The number of likely N-dealkylation sites (tertiary alicyclic amines) is 1. The van der Waals surface area contributed by atoms with E-state index in [1.807, 2.05) is 0 Å². The molecule has 2 rings (SSSR count). The summed E-state index contributed by atoms with van der Waals surface area (Å²) in [6, 6.07) is 7.25. The van der Waals surface area contributed by atoms with E-state index in [1.165, 1.54) is 24.1 Å². The van der Waals surface area contributed by atoms with Gasteiger partial charge in [-0.05, 0) is 69.6 Å². The largest absolute Gasteiger partial charge is 0.317 e. The smallest absolute Gasteiger partial charge is 0.0391 e. The zero-order valence-electron chi connectivity index (χ0n) is 12.2. The van der Waals surface area contributed by atoms with Gasteiger partial charge in [0.15, 0.2) is 0 Å². The van der Waals surface area contributed by atoms with Crippen LogP contribution in [0.5, 0.6) is 0 Å². The fourth-order valence-electron chi connectivity index (χ4n) is 3.32. The Balaban J connectivity index is 2.28. The predicted molar refractivity (Wildman–Crippen MR) is 77.9 cm³/mol. The highest BCUT2D eigenvalue weighted by molar-refractivity contribution is 5.37. The third kappa shape index (κ3) is 2.60. The van der Waals surface area contributed by atoms with E-state index in [0.717, 1.165) is 19.0 Å². The van der Waals surface area contributed by atoms with Crippen molar-refractivity contribution in [1.29, 1.82) is 0 Å². The van der Waals surface area contributed by atoms with Gasteiger partial charge in [0.2, 0.25) is 0 Å². The van der Waals surface area contributed by atoms with Crippen LogP contribution in [-0.4, -0.2) is 31.6 Å². The summed E-state index contributed by atoms with van der Waals surface area (Å²) in [5.74, 6) is 0.745. The van der Waals surface area contributed by atoms with Gasteiger partial charge in [0.1, 0.15) is 0 Å². The zero-order chi connectivity index (χ0) is 13.1. The molecule has 18 heavy (non-hydrogen) atoms. The topological polar surface area (TPSA) is 15.3 Å². The summed E-state index contributed by atoms with van der Waals surface area (Å²) in [6.07, 6.45) is 1.31. The number of hydrogen-bond donors (Lipinski definition) is 1. The van der Waals surface area contributed by atoms with Crippen LogP contribution in [0.4, 0.5) is 0 Å². The summed E-state index contributed by atoms with van der Waals surface area (Å²) in [6.45, 7) is 10.1. The van der Waals surface area contributed by atoms with Gasteiger partial charge in [-0.2, -0.15) is 0 Å². The number of nitrogens with one attached hydrogen (secondary N) is 1. The molecule has 1 aromatic carbocycles. The lowest BCUT2D eigenvalue weighted by Gasteiger charge is -2.28. The quantitative estimate of drug-likeness (QED) is 0.879. The summed E-state index contributed by atoms with van der Waals surface area (Å²) >= 11 is 0. The van der Waals surface area contributed by atoms with E-state index in [1.54, 1.807) is 5.56 Å². The first-order chi connectivity index (χ1) is 8.65. The molecule has 0 amide bonds. The minimum atomic E-state index is 0.588. The highest BCUT2D eigenvalue weighted by atomic mass is 15.2. The molecule has 1 aromatic rings. The first kappa shape index (κ1) is 13.6. The Morgan fingerprint density at radius 3 is 2.56 bits per heavy atom. The van der Waals surface area contributed by atoms with Crippen molar-refractivity contribution in [3.63, 3.8) is 0 Å². The molecule has 0 radical (unpaired) electrons. The van der Waals surface area contributed by atoms with E-state index in [0.29, 0.717) is 6.04 Å². The monoisotopic (exact) mass is 246 g/mol. The molecule has 0 aromatic heterocycles. The van der Waals surface area contributed by atoms with Crippen molar-refractivity contribution in [3.8, 4) is 0 Å². The molecule has 1 aliphatic heterocycles. The molecule has 1 aliphatic rings. The predicted octanol–water partition coefficient (Wildman–Crippen LogP) is 2.91. The van der Waals surface area contributed by atoms with E-state index in [9.17, 15) is 0 Å². The molecule has 2 nitrogen and oxygen atoms in total. The number of nitrogens with zero attached hydrogens (tertiary/aromatic N) is 1. The summed E-state index contributed by atoms with van der Waals surface area (Å²) in [7, 11) is 2.27. The van der Waals surface area contributed by atoms with Crippen molar-refractivity contribution < 1.29 is 0 Å². The van der Waals surface area contributed by atoms with Crippen LogP contribution >= 0.6 is 0 Å². The number of hydrogen-bond acceptors (Lipinski definition) is 2. The van der Waals surface area contributed by atoms with E-state index in [-0.39, 0.29) is 0 Å². The SMILES string of the molecule is CCNCC1CCN(C)C1c1c(C)cccc1C. The van der Waals surface area contributed by atoms with Crippen molar-refractivity contribution >= 4 is 0 Å². The number of benzene rings is 1. The second-order valence-corrected chi connectivity index (χ2v) is 5.59. The maximum atomic E-state index is 3.52. The highest BCUT2D eigenvalue weighted by Crippen LogP contribution is 2.38. The first-order valence-electron chi connectivity index (χ1n) is 7.12. The first-order valence-corrected chi connectivity index (χ1v) is 7.12. The van der Waals surface area contributed by atoms with E-state index < -0.39 is 0 Å².